The Kier molecular flexibility index (Phi) is 45.0. The van der Waals surface area contributed by atoms with Gasteiger partial charge in [0.2, 0.25) is 0 Å². The van der Waals surface area contributed by atoms with E-state index in [1.807, 2.05) is 111 Å². The molecule has 8 aliphatic rings. The predicted molar refractivity (Wildman–Crippen MR) is 509 cm³/mol. The first-order valence-corrected chi connectivity index (χ1v) is 47.2. The lowest BCUT2D eigenvalue weighted by molar-refractivity contribution is -0.117. The highest BCUT2D eigenvalue weighted by Crippen LogP contribution is 2.34. The van der Waals surface area contributed by atoms with Gasteiger partial charge in [0.25, 0.3) is 35.4 Å². The number of rotatable bonds is 36. The topological polar surface area (TPSA) is 231 Å². The van der Waals surface area contributed by atoms with Gasteiger partial charge in [0.15, 0.2) is 0 Å². The van der Waals surface area contributed by atoms with Crippen LogP contribution >= 0.6 is 0 Å². The molecule has 0 bridgehead atoms. The number of methoxy groups -OCH3 is 2. The Balaban J connectivity index is 0.000000182. The highest BCUT2D eigenvalue weighted by Gasteiger charge is 2.35. The second kappa shape index (κ2) is 56.7. The smallest absolute Gasteiger partial charge is 0.254 e. The van der Waals surface area contributed by atoms with Crippen molar-refractivity contribution in [3.8, 4) is 34.5 Å². The van der Waals surface area contributed by atoms with Crippen LogP contribution in [0.15, 0.2) is 181 Å². The Bertz CT molecular complexity index is 4910. The van der Waals surface area contributed by atoms with Crippen LogP contribution in [-0.4, -0.2) is 242 Å². The lowest BCUT2D eigenvalue weighted by Crippen LogP contribution is -2.47. The van der Waals surface area contributed by atoms with E-state index in [9.17, 15) is 59.9 Å². The molecule has 0 aromatic heterocycles. The molecule has 0 radical (unpaired) electrons. The molecule has 29 heteroatoms. The standard InChI is InChI=1S/2C19H24FNO3.C17H20FNO3.2C17H22FNO3.C17H22FNO2/c2*1-2-14(12-20)13-24-17-3-4-18-15(11-17)5-8-21(19(18)22)16-6-9-23-10-7-16;1-3-13(9-18)11-22-15-4-5-16-14(8-15)6-7-19(17(16)21)10-12(2)20;2*1-3-13(11-18)12-22-15-4-5-16-14(10-15)6-7-19(17(16)20)8-9-21-2;1-3-8-19-9-7-14-10-15(5-6-16(14)17(19)20)21-12-13(4-2)11-18/h2*3-4,11-12,16H,2,5-10,13H2,1H3;4-5,8-9H,3,6-7,10-11H2,1-2H3;2*4-5,10-11H,3,6-9,12H2,1-2H3;5-6,10-11H,3-4,7-9,12H2,1-2H3/b14-12+;14-12-;13-9-;13-11+;13-11-;13-11+. The molecule has 8 aliphatic heterocycles. The summed E-state index contributed by atoms with van der Waals surface area (Å²) in [5.74, 6) is 4.26. The number of carbonyl (C=O) groups is 7. The van der Waals surface area contributed by atoms with E-state index in [2.05, 4.69) is 6.92 Å². The molecule has 14 rings (SSSR count). The van der Waals surface area contributed by atoms with Gasteiger partial charge in [0, 0.05) is 145 Å². The number of fused-ring (bicyclic) bond motifs is 6. The van der Waals surface area contributed by atoms with Crippen molar-refractivity contribution in [2.45, 2.75) is 177 Å². The van der Waals surface area contributed by atoms with E-state index in [1.165, 1.54) is 6.92 Å². The Morgan fingerprint density at radius 1 is 0.326 bits per heavy atom. The van der Waals surface area contributed by atoms with E-state index >= 15 is 0 Å². The third kappa shape index (κ3) is 31.5. The zero-order valence-corrected chi connectivity index (χ0v) is 80.0. The Hall–Kier alpha value is -11.5. The normalized spacial score (nSPS) is 16.5. The van der Waals surface area contributed by atoms with Crippen molar-refractivity contribution in [1.29, 1.82) is 0 Å². The number of benzene rings is 6. The molecule has 0 atom stereocenters. The summed E-state index contributed by atoms with van der Waals surface area (Å²) in [5.41, 5.74) is 13.9. The van der Waals surface area contributed by atoms with E-state index in [4.69, 9.17) is 47.4 Å². The van der Waals surface area contributed by atoms with Crippen molar-refractivity contribution < 1.29 is 107 Å². The Morgan fingerprint density at radius 3 is 0.770 bits per heavy atom. The monoisotopic (exact) mass is 1880 g/mol. The van der Waals surface area contributed by atoms with Crippen LogP contribution in [-0.2, 0) is 62.3 Å². The third-order valence-corrected chi connectivity index (χ3v) is 24.9. The molecular formula is C106H134F6N6O17. The van der Waals surface area contributed by atoms with E-state index in [1.54, 1.807) is 83.5 Å². The average Bonchev–Trinajstić information content (AvgIpc) is 0.800. The van der Waals surface area contributed by atoms with Gasteiger partial charge in [0.05, 0.1) is 57.7 Å². The number of halogens is 6. The van der Waals surface area contributed by atoms with Gasteiger partial charge in [-0.05, 0) is 292 Å². The number of ether oxygens (including phenoxy) is 10. The molecule has 2 saturated heterocycles. The van der Waals surface area contributed by atoms with Gasteiger partial charge in [-0.3, -0.25) is 33.6 Å². The molecule has 732 valence electrons. The van der Waals surface area contributed by atoms with Gasteiger partial charge < -0.3 is 76.8 Å². The van der Waals surface area contributed by atoms with Gasteiger partial charge >= 0.3 is 0 Å². The lowest BCUT2D eigenvalue weighted by Gasteiger charge is -2.37. The summed E-state index contributed by atoms with van der Waals surface area (Å²) in [4.78, 5) is 97.1. The third-order valence-electron chi connectivity index (χ3n) is 24.9. The molecule has 0 spiro atoms. The van der Waals surface area contributed by atoms with Crippen molar-refractivity contribution >= 4 is 41.2 Å². The molecular weight excluding hydrogens is 1740 g/mol. The van der Waals surface area contributed by atoms with Crippen molar-refractivity contribution in [2.75, 3.05) is 159 Å². The van der Waals surface area contributed by atoms with Crippen LogP contribution in [0.2, 0.25) is 0 Å². The summed E-state index contributed by atoms with van der Waals surface area (Å²) in [5, 5.41) is 0. The zero-order chi connectivity index (χ0) is 97.1. The minimum atomic E-state index is -0.124. The highest BCUT2D eigenvalue weighted by molar-refractivity contribution is 6.01. The number of carbonyl (C=O) groups excluding carboxylic acids is 7. The Labute approximate surface area is 791 Å². The van der Waals surface area contributed by atoms with Crippen LogP contribution in [0.3, 0.4) is 0 Å². The fourth-order valence-electron chi connectivity index (χ4n) is 16.3. The molecule has 8 heterocycles. The van der Waals surface area contributed by atoms with Gasteiger partial charge in [-0.25, -0.2) is 26.3 Å². The second-order valence-electron chi connectivity index (χ2n) is 33.8. The molecule has 2 fully saturated rings. The van der Waals surface area contributed by atoms with E-state index in [-0.39, 0.29) is 99.5 Å². The first-order valence-electron chi connectivity index (χ1n) is 47.2. The summed E-state index contributed by atoms with van der Waals surface area (Å²) in [6.07, 6.45) is 16.7. The van der Waals surface area contributed by atoms with Gasteiger partial charge in [-0.2, -0.15) is 0 Å². The van der Waals surface area contributed by atoms with E-state index in [0.717, 1.165) is 167 Å². The number of nitrogens with zero attached hydrogens (tertiary/aromatic N) is 6. The largest absolute Gasteiger partial charge is 0.489 e. The number of hydrogen-bond donors (Lipinski definition) is 0. The van der Waals surface area contributed by atoms with Gasteiger partial charge in [0.1, 0.15) is 79.9 Å². The zero-order valence-electron chi connectivity index (χ0n) is 80.0. The van der Waals surface area contributed by atoms with Crippen LogP contribution in [0.5, 0.6) is 34.5 Å². The molecule has 135 heavy (non-hydrogen) atoms. The van der Waals surface area contributed by atoms with Crippen LogP contribution in [0.1, 0.15) is 222 Å². The first-order chi connectivity index (χ1) is 65.6. The second-order valence-corrected chi connectivity index (χ2v) is 33.8. The summed E-state index contributed by atoms with van der Waals surface area (Å²) in [6.45, 7) is 26.6. The lowest BCUT2D eigenvalue weighted by atomic mass is 9.95. The number of hydrogen-bond acceptors (Lipinski definition) is 17. The minimum absolute atomic E-state index is 0.0261. The number of ketones is 1. The number of Topliss-reactive ketones (excluding diaryl/α,β-unsaturated/α-hetero) is 1. The fourth-order valence-corrected chi connectivity index (χ4v) is 16.3. The maximum Gasteiger partial charge on any atom is 0.254 e. The fraction of sp³-hybridized carbons (Fsp3) is 0.481. The highest BCUT2D eigenvalue weighted by atomic mass is 19.1. The molecule has 0 aliphatic carbocycles. The molecule has 6 aromatic rings. The summed E-state index contributed by atoms with van der Waals surface area (Å²) >= 11 is 0. The molecule has 6 aromatic carbocycles. The van der Waals surface area contributed by atoms with Crippen molar-refractivity contribution in [2.24, 2.45) is 0 Å². The van der Waals surface area contributed by atoms with Crippen molar-refractivity contribution in [1.82, 2.24) is 29.4 Å². The van der Waals surface area contributed by atoms with Gasteiger partial charge in [-0.15, -0.1) is 0 Å². The van der Waals surface area contributed by atoms with Crippen molar-refractivity contribution in [3.05, 3.63) is 247 Å². The molecule has 23 nitrogen and oxygen atoms in total. The van der Waals surface area contributed by atoms with Crippen LogP contribution in [0.25, 0.3) is 0 Å². The van der Waals surface area contributed by atoms with Crippen LogP contribution in [0, 0.1) is 0 Å². The molecule has 6 amide bonds. The maximum absolute atomic E-state index is 12.8. The Morgan fingerprint density at radius 2 is 0.548 bits per heavy atom. The number of amides is 6. The maximum atomic E-state index is 12.8. The van der Waals surface area contributed by atoms with E-state index < -0.39 is 0 Å². The van der Waals surface area contributed by atoms with Gasteiger partial charge in [-0.1, -0.05) is 48.5 Å². The summed E-state index contributed by atoms with van der Waals surface area (Å²) in [6, 6.07) is 33.3. The predicted octanol–water partition coefficient (Wildman–Crippen LogP) is 19.6. The minimum Gasteiger partial charge on any atom is -0.489 e. The quantitative estimate of drug-likeness (QED) is 0.0333. The van der Waals surface area contributed by atoms with Crippen LogP contribution < -0.4 is 28.4 Å². The first kappa shape index (κ1) is 107. The van der Waals surface area contributed by atoms with Crippen LogP contribution in [0.4, 0.5) is 26.3 Å². The summed E-state index contributed by atoms with van der Waals surface area (Å²) in [7, 11) is 3.25. The molecule has 0 N–H and O–H groups in total. The SMILES string of the molecule is CC/C(=C/F)COc1ccc2c(c1)CCN(C1CCOCC1)C2=O.CC/C(=C/F)COc1ccc2c(c1)CCN(CC(C)=O)C2=O.CC/C(=C/F)COc1ccc2c(c1)CCN(CCOC)C2=O.CC/C(=C\F)COc1ccc2c(c1)CCN(C1CCOCC1)C2=O.CC/C(=C\F)COc1ccc2c(c1)CCN(CCOC)C2=O.CCCN1CCc2cc(OC/C(=C/F)CC)ccc2C1=O. The average molecular weight is 1880 g/mol. The van der Waals surface area contributed by atoms with E-state index in [0.29, 0.717) is 213 Å². The summed E-state index contributed by atoms with van der Waals surface area (Å²) < 4.78 is 130. The van der Waals surface area contributed by atoms with Crippen molar-refractivity contribution in [3.63, 3.8) is 0 Å². The molecule has 0 saturated carbocycles. The molecule has 0 unspecified atom stereocenters.